The van der Waals surface area contributed by atoms with Gasteiger partial charge in [-0.05, 0) is 6.07 Å². The molecule has 0 heterocycles. The number of benzene rings is 2. The van der Waals surface area contributed by atoms with Crippen LogP contribution in [0.25, 0.3) is 0 Å². The number of amides is 1. The Bertz CT molecular complexity index is 960. The second-order valence-corrected chi connectivity index (χ2v) is 5.33. The molecule has 0 fully saturated rings. The molecule has 0 atom stereocenters. The smallest absolute Gasteiger partial charge is 0.311 e. The van der Waals surface area contributed by atoms with Crippen molar-refractivity contribution in [2.75, 3.05) is 20.8 Å². The minimum Gasteiger partial charge on any atom is -0.496 e. The van der Waals surface area contributed by atoms with Crippen LogP contribution in [0.3, 0.4) is 0 Å². The molecule has 0 aliphatic rings. The lowest BCUT2D eigenvalue weighted by Gasteiger charge is -2.08. The SMILES string of the molecule is COc1cc(OC)c([N+](=O)[O-])cc1/C=N/NC(=O)COc1ccccc1[N+](=O)[O-]. The Hall–Kier alpha value is -4.22. The van der Waals surface area contributed by atoms with E-state index in [1.807, 2.05) is 0 Å². The molecule has 2 aromatic carbocycles. The summed E-state index contributed by atoms with van der Waals surface area (Å²) in [7, 11) is 2.64. The number of carbonyl (C=O) groups excluding carboxylic acids is 1. The van der Waals surface area contributed by atoms with E-state index in [2.05, 4.69) is 10.5 Å². The molecule has 152 valence electrons. The number of methoxy groups -OCH3 is 2. The minimum absolute atomic E-state index is 0.00545. The van der Waals surface area contributed by atoms with Crippen LogP contribution in [0, 0.1) is 20.2 Å². The molecule has 1 amide bonds. The first-order valence-corrected chi connectivity index (χ1v) is 7.96. The van der Waals surface area contributed by atoms with Gasteiger partial charge in [-0.3, -0.25) is 25.0 Å². The highest BCUT2D eigenvalue weighted by Gasteiger charge is 2.19. The number of hydrazone groups is 1. The Morgan fingerprint density at radius 3 is 2.31 bits per heavy atom. The molecular weight excluding hydrogens is 388 g/mol. The van der Waals surface area contributed by atoms with E-state index in [9.17, 15) is 25.0 Å². The monoisotopic (exact) mass is 404 g/mol. The van der Waals surface area contributed by atoms with Crippen molar-refractivity contribution in [3.05, 3.63) is 62.2 Å². The fourth-order valence-corrected chi connectivity index (χ4v) is 2.23. The van der Waals surface area contributed by atoms with Crippen LogP contribution in [0.2, 0.25) is 0 Å². The van der Waals surface area contributed by atoms with E-state index in [-0.39, 0.29) is 34.2 Å². The Morgan fingerprint density at radius 2 is 1.69 bits per heavy atom. The predicted molar refractivity (Wildman–Crippen MR) is 101 cm³/mol. The fourth-order valence-electron chi connectivity index (χ4n) is 2.23. The lowest BCUT2D eigenvalue weighted by Crippen LogP contribution is -2.24. The maximum Gasteiger partial charge on any atom is 0.311 e. The lowest BCUT2D eigenvalue weighted by atomic mass is 10.1. The highest BCUT2D eigenvalue weighted by Crippen LogP contribution is 2.33. The maximum absolute atomic E-state index is 11.8. The number of nitro groups is 2. The number of nitrogens with one attached hydrogen (secondary N) is 1. The predicted octanol–water partition coefficient (Wildman–Crippen LogP) is 2.05. The summed E-state index contributed by atoms with van der Waals surface area (Å²) in [6.07, 6.45) is 1.15. The third kappa shape index (κ3) is 5.38. The molecule has 1 N–H and O–H groups in total. The van der Waals surface area contributed by atoms with Crippen LogP contribution in [0.15, 0.2) is 41.5 Å². The highest BCUT2D eigenvalue weighted by atomic mass is 16.6. The zero-order chi connectivity index (χ0) is 21.4. The molecule has 2 rings (SSSR count). The van der Waals surface area contributed by atoms with Gasteiger partial charge >= 0.3 is 11.4 Å². The fraction of sp³-hybridized carbons (Fsp3) is 0.176. The summed E-state index contributed by atoms with van der Waals surface area (Å²) in [6.45, 7) is -0.526. The number of hydrogen-bond donors (Lipinski definition) is 1. The highest BCUT2D eigenvalue weighted by molar-refractivity contribution is 5.87. The molecule has 29 heavy (non-hydrogen) atoms. The summed E-state index contributed by atoms with van der Waals surface area (Å²) < 4.78 is 15.2. The molecule has 0 radical (unpaired) electrons. The molecule has 0 saturated heterocycles. The molecule has 0 aliphatic heterocycles. The summed E-state index contributed by atoms with van der Waals surface area (Å²) in [4.78, 5) is 32.6. The van der Waals surface area contributed by atoms with Crippen molar-refractivity contribution in [2.24, 2.45) is 5.10 Å². The Labute approximate surface area is 164 Å². The molecule has 0 bridgehead atoms. The second kappa shape index (κ2) is 9.64. The first-order valence-electron chi connectivity index (χ1n) is 7.96. The largest absolute Gasteiger partial charge is 0.496 e. The molecule has 12 nitrogen and oxygen atoms in total. The number of rotatable bonds is 9. The average molecular weight is 404 g/mol. The standard InChI is InChI=1S/C17H16N4O8/c1-27-15-8-16(28-2)13(21(25)26)7-11(15)9-18-19-17(22)10-29-14-6-4-3-5-12(14)20(23)24/h3-9H,10H2,1-2H3,(H,19,22)/b18-9+. The molecule has 0 saturated carbocycles. The van der Waals surface area contributed by atoms with Crippen molar-refractivity contribution in [1.29, 1.82) is 0 Å². The number of para-hydroxylation sites is 2. The molecule has 0 aliphatic carbocycles. The van der Waals surface area contributed by atoms with Gasteiger partial charge in [-0.25, -0.2) is 5.43 Å². The Morgan fingerprint density at radius 1 is 1.03 bits per heavy atom. The number of nitrogens with zero attached hydrogens (tertiary/aromatic N) is 3. The van der Waals surface area contributed by atoms with Gasteiger partial charge in [0.25, 0.3) is 5.91 Å². The van der Waals surface area contributed by atoms with Gasteiger partial charge in [0, 0.05) is 23.8 Å². The third-order valence-corrected chi connectivity index (χ3v) is 3.54. The van der Waals surface area contributed by atoms with Crippen molar-refractivity contribution >= 4 is 23.5 Å². The van der Waals surface area contributed by atoms with E-state index in [0.717, 1.165) is 6.21 Å². The molecule has 0 aromatic heterocycles. The normalized spacial score (nSPS) is 10.4. The second-order valence-electron chi connectivity index (χ2n) is 5.33. The number of hydrogen-bond acceptors (Lipinski definition) is 9. The van der Waals surface area contributed by atoms with Gasteiger partial charge in [0.15, 0.2) is 12.4 Å². The van der Waals surface area contributed by atoms with Crippen molar-refractivity contribution in [2.45, 2.75) is 0 Å². The molecule has 12 heteroatoms. The summed E-state index contributed by atoms with van der Waals surface area (Å²) >= 11 is 0. The maximum atomic E-state index is 11.8. The van der Waals surface area contributed by atoms with Gasteiger partial charge < -0.3 is 14.2 Å². The minimum atomic E-state index is -0.693. The van der Waals surface area contributed by atoms with Gasteiger partial charge in [0.1, 0.15) is 5.75 Å². The van der Waals surface area contributed by atoms with E-state index in [0.29, 0.717) is 0 Å². The van der Waals surface area contributed by atoms with Crippen molar-refractivity contribution in [3.63, 3.8) is 0 Å². The summed E-state index contributed by atoms with van der Waals surface area (Å²) in [5.41, 5.74) is 1.80. The van der Waals surface area contributed by atoms with Crippen LogP contribution in [-0.2, 0) is 4.79 Å². The van der Waals surface area contributed by atoms with Gasteiger partial charge in [0.05, 0.1) is 30.3 Å². The van der Waals surface area contributed by atoms with Crippen LogP contribution in [0.4, 0.5) is 11.4 Å². The summed E-state index contributed by atoms with van der Waals surface area (Å²) in [5, 5.41) is 25.7. The van der Waals surface area contributed by atoms with Gasteiger partial charge in [-0.1, -0.05) is 12.1 Å². The Kier molecular flexibility index (Phi) is 7.01. The van der Waals surface area contributed by atoms with E-state index in [4.69, 9.17) is 14.2 Å². The molecule has 0 spiro atoms. The van der Waals surface area contributed by atoms with Gasteiger partial charge in [-0.2, -0.15) is 5.10 Å². The van der Waals surface area contributed by atoms with E-state index < -0.39 is 22.4 Å². The van der Waals surface area contributed by atoms with Crippen LogP contribution in [-0.4, -0.2) is 42.8 Å². The summed E-state index contributed by atoms with van der Waals surface area (Å²) in [6, 6.07) is 8.10. The lowest BCUT2D eigenvalue weighted by molar-refractivity contribution is -0.385. The molecule has 2 aromatic rings. The van der Waals surface area contributed by atoms with Crippen LogP contribution in [0.5, 0.6) is 17.2 Å². The first kappa shape index (κ1) is 21.1. The van der Waals surface area contributed by atoms with Gasteiger partial charge in [0.2, 0.25) is 5.75 Å². The quantitative estimate of drug-likeness (QED) is 0.378. The van der Waals surface area contributed by atoms with Crippen LogP contribution >= 0.6 is 0 Å². The van der Waals surface area contributed by atoms with Crippen molar-refractivity contribution < 1.29 is 28.9 Å². The number of nitro benzene ring substituents is 2. The zero-order valence-electron chi connectivity index (χ0n) is 15.4. The third-order valence-electron chi connectivity index (χ3n) is 3.54. The topological polar surface area (TPSA) is 155 Å². The van der Waals surface area contributed by atoms with Crippen LogP contribution in [0.1, 0.15) is 5.56 Å². The van der Waals surface area contributed by atoms with Crippen molar-refractivity contribution in [3.8, 4) is 17.2 Å². The summed E-state index contributed by atoms with van der Waals surface area (Å²) in [5.74, 6) is -0.516. The van der Waals surface area contributed by atoms with Gasteiger partial charge in [-0.15, -0.1) is 0 Å². The van der Waals surface area contributed by atoms with E-state index in [1.54, 1.807) is 0 Å². The zero-order valence-corrected chi connectivity index (χ0v) is 15.4. The molecular formula is C17H16N4O8. The van der Waals surface area contributed by atoms with Crippen LogP contribution < -0.4 is 19.6 Å². The molecule has 0 unspecified atom stereocenters. The van der Waals surface area contributed by atoms with E-state index >= 15 is 0 Å². The Balaban J connectivity index is 2.06. The van der Waals surface area contributed by atoms with E-state index in [1.165, 1.54) is 50.6 Å². The van der Waals surface area contributed by atoms with Crippen molar-refractivity contribution in [1.82, 2.24) is 5.43 Å². The first-order chi connectivity index (χ1) is 13.9. The number of carbonyl (C=O) groups is 1. The number of ether oxygens (including phenoxy) is 3. The average Bonchev–Trinajstić information content (AvgIpc) is 2.71.